The molecule has 2 heterocycles. The minimum atomic E-state index is 0.592. The molecule has 2 aromatic heterocycles. The number of aromatic nitrogens is 2. The van der Waals surface area contributed by atoms with Gasteiger partial charge < -0.3 is 5.73 Å². The molecular weight excluding hydrogens is 194 g/mol. The van der Waals surface area contributed by atoms with Crippen LogP contribution in [-0.2, 0) is 6.42 Å². The van der Waals surface area contributed by atoms with Gasteiger partial charge in [0.1, 0.15) is 0 Å². The molecule has 4 heteroatoms. The molecule has 1 atom stereocenters. The number of nitrogens with zero attached hydrogens (tertiary/aromatic N) is 2. The standard InChI is InChI=1S/C10H15N3S/c1-8(6-11)2-3-9-7-13-4-5-14-10(13)12-9/h4-5,7-8H,2-3,6,11H2,1H3. The monoisotopic (exact) mass is 209 g/mol. The number of aryl methyl sites for hydroxylation is 1. The van der Waals surface area contributed by atoms with Gasteiger partial charge in [-0.1, -0.05) is 6.92 Å². The van der Waals surface area contributed by atoms with E-state index in [9.17, 15) is 0 Å². The normalized spacial score (nSPS) is 13.6. The Morgan fingerprint density at radius 3 is 3.21 bits per heavy atom. The Balaban J connectivity index is 2.01. The summed E-state index contributed by atoms with van der Waals surface area (Å²) < 4.78 is 2.08. The maximum absolute atomic E-state index is 5.57. The van der Waals surface area contributed by atoms with E-state index in [-0.39, 0.29) is 0 Å². The largest absolute Gasteiger partial charge is 0.330 e. The Morgan fingerprint density at radius 1 is 1.64 bits per heavy atom. The summed E-state index contributed by atoms with van der Waals surface area (Å²) in [6.07, 6.45) is 6.31. The lowest BCUT2D eigenvalue weighted by Gasteiger charge is -2.04. The molecule has 76 valence electrons. The van der Waals surface area contributed by atoms with E-state index in [1.54, 1.807) is 11.3 Å². The average molecular weight is 209 g/mol. The summed E-state index contributed by atoms with van der Waals surface area (Å²) in [6, 6.07) is 0. The van der Waals surface area contributed by atoms with Crippen LogP contribution in [0.15, 0.2) is 17.8 Å². The third kappa shape index (κ3) is 1.96. The van der Waals surface area contributed by atoms with Crippen molar-refractivity contribution in [1.29, 1.82) is 0 Å². The first kappa shape index (κ1) is 9.68. The Bertz CT molecular complexity index is 376. The molecule has 0 saturated carbocycles. The lowest BCUT2D eigenvalue weighted by Crippen LogP contribution is -2.11. The maximum atomic E-state index is 5.57. The molecule has 2 aromatic rings. The van der Waals surface area contributed by atoms with Crippen molar-refractivity contribution in [3.05, 3.63) is 23.5 Å². The van der Waals surface area contributed by atoms with Crippen LogP contribution in [0.1, 0.15) is 19.0 Å². The fraction of sp³-hybridized carbons (Fsp3) is 0.500. The van der Waals surface area contributed by atoms with E-state index in [0.29, 0.717) is 5.92 Å². The molecule has 14 heavy (non-hydrogen) atoms. The summed E-state index contributed by atoms with van der Waals surface area (Å²) in [5.74, 6) is 0.592. The van der Waals surface area contributed by atoms with E-state index in [2.05, 4.69) is 27.9 Å². The molecular formula is C10H15N3S. The summed E-state index contributed by atoms with van der Waals surface area (Å²) in [5.41, 5.74) is 6.75. The second-order valence-corrected chi connectivity index (χ2v) is 4.58. The van der Waals surface area contributed by atoms with Gasteiger partial charge in [-0.15, -0.1) is 11.3 Å². The van der Waals surface area contributed by atoms with Crippen LogP contribution in [0, 0.1) is 5.92 Å². The van der Waals surface area contributed by atoms with E-state index in [4.69, 9.17) is 5.73 Å². The van der Waals surface area contributed by atoms with E-state index >= 15 is 0 Å². The van der Waals surface area contributed by atoms with E-state index < -0.39 is 0 Å². The van der Waals surface area contributed by atoms with Crippen molar-refractivity contribution in [3.63, 3.8) is 0 Å². The minimum absolute atomic E-state index is 0.592. The summed E-state index contributed by atoms with van der Waals surface area (Å²) in [5, 5.41) is 2.05. The third-order valence-corrected chi connectivity index (χ3v) is 3.21. The van der Waals surface area contributed by atoms with Crippen molar-refractivity contribution >= 4 is 16.3 Å². The van der Waals surface area contributed by atoms with Gasteiger partial charge in [0.15, 0.2) is 4.96 Å². The molecule has 2 N–H and O–H groups in total. The van der Waals surface area contributed by atoms with Gasteiger partial charge in [0.2, 0.25) is 0 Å². The molecule has 0 fully saturated rings. The lowest BCUT2D eigenvalue weighted by molar-refractivity contribution is 0.541. The first-order valence-electron chi connectivity index (χ1n) is 4.90. The van der Waals surface area contributed by atoms with Crippen LogP contribution in [0.5, 0.6) is 0 Å². The Labute approximate surface area is 87.6 Å². The van der Waals surface area contributed by atoms with Crippen molar-refractivity contribution in [2.24, 2.45) is 11.7 Å². The minimum Gasteiger partial charge on any atom is -0.330 e. The van der Waals surface area contributed by atoms with Crippen molar-refractivity contribution in [1.82, 2.24) is 9.38 Å². The van der Waals surface area contributed by atoms with Crippen molar-refractivity contribution in [2.75, 3.05) is 6.54 Å². The van der Waals surface area contributed by atoms with Gasteiger partial charge in [0.05, 0.1) is 5.69 Å². The molecule has 0 aliphatic carbocycles. The van der Waals surface area contributed by atoms with E-state index in [0.717, 1.165) is 24.3 Å². The van der Waals surface area contributed by atoms with Gasteiger partial charge in [0, 0.05) is 17.8 Å². The zero-order valence-electron chi connectivity index (χ0n) is 8.31. The average Bonchev–Trinajstić information content (AvgIpc) is 2.73. The Kier molecular flexibility index (Phi) is 2.84. The quantitative estimate of drug-likeness (QED) is 0.836. The molecule has 0 aliphatic heterocycles. The van der Waals surface area contributed by atoms with Crippen molar-refractivity contribution < 1.29 is 0 Å². The molecule has 0 aromatic carbocycles. The fourth-order valence-corrected chi connectivity index (χ4v) is 2.13. The highest BCUT2D eigenvalue weighted by atomic mass is 32.1. The van der Waals surface area contributed by atoms with Crippen LogP contribution in [0.4, 0.5) is 0 Å². The smallest absolute Gasteiger partial charge is 0.193 e. The van der Waals surface area contributed by atoms with Gasteiger partial charge in [-0.05, 0) is 25.3 Å². The van der Waals surface area contributed by atoms with E-state index in [1.165, 1.54) is 5.69 Å². The first-order chi connectivity index (χ1) is 6.79. The second kappa shape index (κ2) is 4.11. The number of thiazole rings is 1. The third-order valence-electron chi connectivity index (χ3n) is 2.44. The number of imidazole rings is 1. The van der Waals surface area contributed by atoms with Crippen LogP contribution >= 0.6 is 11.3 Å². The number of rotatable bonds is 4. The molecule has 0 bridgehead atoms. The number of hydrogen-bond donors (Lipinski definition) is 1. The Morgan fingerprint density at radius 2 is 2.50 bits per heavy atom. The van der Waals surface area contributed by atoms with Crippen molar-refractivity contribution in [3.8, 4) is 0 Å². The van der Waals surface area contributed by atoms with Crippen LogP contribution in [0.3, 0.4) is 0 Å². The van der Waals surface area contributed by atoms with Crippen LogP contribution in [-0.4, -0.2) is 15.9 Å². The maximum Gasteiger partial charge on any atom is 0.193 e. The molecule has 0 radical (unpaired) electrons. The Hall–Kier alpha value is -0.870. The summed E-state index contributed by atoms with van der Waals surface area (Å²) in [6.45, 7) is 2.95. The molecule has 1 unspecified atom stereocenters. The predicted octanol–water partition coefficient (Wildman–Crippen LogP) is 1.92. The highest BCUT2D eigenvalue weighted by Gasteiger charge is 2.04. The van der Waals surface area contributed by atoms with Gasteiger partial charge in [0.25, 0.3) is 0 Å². The first-order valence-corrected chi connectivity index (χ1v) is 5.78. The van der Waals surface area contributed by atoms with Gasteiger partial charge in [-0.25, -0.2) is 4.98 Å². The van der Waals surface area contributed by atoms with Crippen molar-refractivity contribution in [2.45, 2.75) is 19.8 Å². The van der Waals surface area contributed by atoms with Crippen LogP contribution in [0.2, 0.25) is 0 Å². The second-order valence-electron chi connectivity index (χ2n) is 3.70. The number of fused-ring (bicyclic) bond motifs is 1. The number of nitrogens with two attached hydrogens (primary N) is 1. The van der Waals surface area contributed by atoms with Crippen LogP contribution in [0.25, 0.3) is 4.96 Å². The summed E-state index contributed by atoms with van der Waals surface area (Å²) in [4.78, 5) is 5.60. The molecule has 0 saturated heterocycles. The topological polar surface area (TPSA) is 43.3 Å². The SMILES string of the molecule is CC(CN)CCc1cn2ccsc2n1. The molecule has 2 rings (SSSR count). The lowest BCUT2D eigenvalue weighted by atomic mass is 10.1. The molecule has 0 aliphatic rings. The summed E-state index contributed by atoms with van der Waals surface area (Å²) in [7, 11) is 0. The van der Waals surface area contributed by atoms with Gasteiger partial charge in [-0.3, -0.25) is 4.40 Å². The molecule has 0 spiro atoms. The van der Waals surface area contributed by atoms with Crippen LogP contribution < -0.4 is 5.73 Å². The van der Waals surface area contributed by atoms with Gasteiger partial charge >= 0.3 is 0 Å². The van der Waals surface area contributed by atoms with Gasteiger partial charge in [-0.2, -0.15) is 0 Å². The van der Waals surface area contributed by atoms with E-state index in [1.807, 2.05) is 6.20 Å². The number of hydrogen-bond acceptors (Lipinski definition) is 3. The fourth-order valence-electron chi connectivity index (χ4n) is 1.41. The zero-order valence-corrected chi connectivity index (χ0v) is 9.13. The highest BCUT2D eigenvalue weighted by molar-refractivity contribution is 7.15. The molecule has 0 amide bonds. The molecule has 3 nitrogen and oxygen atoms in total. The zero-order chi connectivity index (χ0) is 9.97. The highest BCUT2D eigenvalue weighted by Crippen LogP contribution is 2.13. The predicted molar refractivity (Wildman–Crippen MR) is 59.6 cm³/mol. The summed E-state index contributed by atoms with van der Waals surface area (Å²) >= 11 is 1.68.